The smallest absolute Gasteiger partial charge is 0.216 e. The molecular formula is C25H20N4O. The van der Waals surface area contributed by atoms with Crippen LogP contribution < -0.4 is 4.74 Å². The summed E-state index contributed by atoms with van der Waals surface area (Å²) in [6.07, 6.45) is 9.00. The molecule has 3 heterocycles. The molecule has 0 aliphatic carbocycles. The fourth-order valence-electron chi connectivity index (χ4n) is 3.86. The molecule has 1 atom stereocenters. The highest BCUT2D eigenvalue weighted by molar-refractivity contribution is 5.48. The van der Waals surface area contributed by atoms with Crippen molar-refractivity contribution in [3.05, 3.63) is 119 Å². The third-order valence-electron chi connectivity index (χ3n) is 5.12. The summed E-state index contributed by atoms with van der Waals surface area (Å²) in [5.41, 5.74) is 4.63. The predicted molar refractivity (Wildman–Crippen MR) is 114 cm³/mol. The van der Waals surface area contributed by atoms with Crippen molar-refractivity contribution in [3.8, 4) is 11.9 Å². The van der Waals surface area contributed by atoms with E-state index in [1.807, 2.05) is 60.9 Å². The maximum Gasteiger partial charge on any atom is 0.216 e. The fourth-order valence-corrected chi connectivity index (χ4v) is 3.86. The number of nitriles is 1. The lowest BCUT2D eigenvalue weighted by Gasteiger charge is -2.29. The van der Waals surface area contributed by atoms with E-state index in [9.17, 15) is 5.26 Å². The summed E-state index contributed by atoms with van der Waals surface area (Å²) in [5, 5.41) is 9.48. The molecule has 30 heavy (non-hydrogen) atoms. The standard InChI is InChI=1S/C25H20N4O/c1-30-25-22(10-5-13-29-25)24(19-7-2-6-18(14-19)15-26)23(20-8-3-11-27-16-20)21-9-4-12-28-17-21/h2-14,16-17,23-24H,1H3. The monoisotopic (exact) mass is 392 g/mol. The van der Waals surface area contributed by atoms with Crippen molar-refractivity contribution in [1.29, 1.82) is 5.26 Å². The minimum atomic E-state index is -0.157. The van der Waals surface area contributed by atoms with E-state index in [4.69, 9.17) is 4.74 Å². The van der Waals surface area contributed by atoms with Gasteiger partial charge in [0, 0.05) is 48.4 Å². The normalized spacial score (nSPS) is 11.6. The van der Waals surface area contributed by atoms with E-state index in [2.05, 4.69) is 33.2 Å². The van der Waals surface area contributed by atoms with E-state index >= 15 is 0 Å². The Labute approximate surface area is 175 Å². The fraction of sp³-hybridized carbons (Fsp3) is 0.120. The highest BCUT2D eigenvalue weighted by atomic mass is 16.5. The van der Waals surface area contributed by atoms with Gasteiger partial charge in [-0.05, 0) is 47.0 Å². The van der Waals surface area contributed by atoms with Gasteiger partial charge in [-0.2, -0.15) is 5.26 Å². The lowest BCUT2D eigenvalue weighted by atomic mass is 9.74. The van der Waals surface area contributed by atoms with Gasteiger partial charge in [0.2, 0.25) is 5.88 Å². The van der Waals surface area contributed by atoms with Crippen molar-refractivity contribution in [3.63, 3.8) is 0 Å². The zero-order valence-electron chi connectivity index (χ0n) is 16.5. The molecule has 0 radical (unpaired) electrons. The second kappa shape index (κ2) is 8.97. The van der Waals surface area contributed by atoms with E-state index in [1.165, 1.54) is 0 Å². The number of rotatable bonds is 6. The van der Waals surface area contributed by atoms with Crippen LogP contribution in [0.15, 0.2) is 91.6 Å². The highest BCUT2D eigenvalue weighted by Crippen LogP contribution is 2.44. The molecule has 0 saturated carbocycles. The number of ether oxygens (including phenoxy) is 1. The molecule has 5 nitrogen and oxygen atoms in total. The second-order valence-electron chi connectivity index (χ2n) is 6.87. The van der Waals surface area contributed by atoms with Gasteiger partial charge in [0.25, 0.3) is 0 Å². The van der Waals surface area contributed by atoms with Gasteiger partial charge in [-0.25, -0.2) is 4.98 Å². The van der Waals surface area contributed by atoms with Crippen molar-refractivity contribution < 1.29 is 4.74 Å². The van der Waals surface area contributed by atoms with Crippen molar-refractivity contribution in [1.82, 2.24) is 15.0 Å². The predicted octanol–water partition coefficient (Wildman–Crippen LogP) is 4.72. The largest absolute Gasteiger partial charge is 0.481 e. The summed E-state index contributed by atoms with van der Waals surface area (Å²) >= 11 is 0. The number of pyridine rings is 3. The van der Waals surface area contributed by atoms with E-state index in [-0.39, 0.29) is 11.8 Å². The Balaban J connectivity index is 2.00. The van der Waals surface area contributed by atoms with Crippen LogP contribution in [0.4, 0.5) is 0 Å². The van der Waals surface area contributed by atoms with Crippen molar-refractivity contribution in [2.75, 3.05) is 7.11 Å². The molecule has 0 aliphatic heterocycles. The molecule has 0 N–H and O–H groups in total. The number of aromatic nitrogens is 3. The number of nitrogens with zero attached hydrogens (tertiary/aromatic N) is 4. The number of hydrogen-bond acceptors (Lipinski definition) is 5. The molecule has 0 aliphatic rings. The lowest BCUT2D eigenvalue weighted by molar-refractivity contribution is 0.389. The van der Waals surface area contributed by atoms with Gasteiger partial charge in [0.05, 0.1) is 18.7 Å². The minimum absolute atomic E-state index is 0.0977. The zero-order chi connectivity index (χ0) is 20.8. The van der Waals surface area contributed by atoms with Crippen LogP contribution in [0.25, 0.3) is 0 Å². The van der Waals surface area contributed by atoms with Crippen molar-refractivity contribution >= 4 is 0 Å². The quantitative estimate of drug-likeness (QED) is 0.475. The van der Waals surface area contributed by atoms with E-state index < -0.39 is 0 Å². The Morgan fingerprint density at radius 3 is 2.07 bits per heavy atom. The van der Waals surface area contributed by atoms with Gasteiger partial charge in [-0.3, -0.25) is 9.97 Å². The summed E-state index contributed by atoms with van der Waals surface area (Å²) in [6, 6.07) is 21.9. The topological polar surface area (TPSA) is 71.7 Å². The lowest BCUT2D eigenvalue weighted by Crippen LogP contribution is -2.16. The molecule has 5 heteroatoms. The molecule has 4 rings (SSSR count). The van der Waals surface area contributed by atoms with Gasteiger partial charge in [0.15, 0.2) is 0 Å². The third-order valence-corrected chi connectivity index (χ3v) is 5.12. The molecule has 0 amide bonds. The SMILES string of the molecule is COc1ncccc1C(c1cccc(C#N)c1)C(c1cccnc1)c1cccnc1. The van der Waals surface area contributed by atoms with E-state index in [1.54, 1.807) is 25.7 Å². The Morgan fingerprint density at radius 1 is 0.800 bits per heavy atom. The second-order valence-corrected chi connectivity index (χ2v) is 6.87. The van der Waals surface area contributed by atoms with E-state index in [0.29, 0.717) is 11.4 Å². The zero-order valence-corrected chi connectivity index (χ0v) is 16.5. The Hall–Kier alpha value is -4.04. The van der Waals surface area contributed by atoms with Crippen LogP contribution in [0.1, 0.15) is 39.7 Å². The van der Waals surface area contributed by atoms with Gasteiger partial charge in [-0.15, -0.1) is 0 Å². The maximum absolute atomic E-state index is 9.48. The van der Waals surface area contributed by atoms with Crippen LogP contribution in [-0.4, -0.2) is 22.1 Å². The Bertz CT molecular complexity index is 1120. The van der Waals surface area contributed by atoms with Gasteiger partial charge in [-0.1, -0.05) is 30.3 Å². The van der Waals surface area contributed by atoms with Gasteiger partial charge >= 0.3 is 0 Å². The van der Waals surface area contributed by atoms with Crippen LogP contribution in [0.5, 0.6) is 5.88 Å². The first kappa shape index (κ1) is 19.3. The van der Waals surface area contributed by atoms with Gasteiger partial charge < -0.3 is 4.74 Å². The summed E-state index contributed by atoms with van der Waals surface area (Å²) < 4.78 is 5.62. The van der Waals surface area contributed by atoms with Crippen LogP contribution in [-0.2, 0) is 0 Å². The maximum atomic E-state index is 9.48. The summed E-state index contributed by atoms with van der Waals surface area (Å²) in [7, 11) is 1.62. The average molecular weight is 392 g/mol. The molecule has 146 valence electrons. The third kappa shape index (κ3) is 3.89. The average Bonchev–Trinajstić information content (AvgIpc) is 2.83. The Kier molecular flexibility index (Phi) is 5.77. The van der Waals surface area contributed by atoms with Crippen molar-refractivity contribution in [2.45, 2.75) is 11.8 Å². The van der Waals surface area contributed by atoms with Crippen LogP contribution in [0.3, 0.4) is 0 Å². The molecule has 0 bridgehead atoms. The Morgan fingerprint density at radius 2 is 1.47 bits per heavy atom. The van der Waals surface area contributed by atoms with Crippen molar-refractivity contribution in [2.24, 2.45) is 0 Å². The first-order valence-electron chi connectivity index (χ1n) is 9.60. The molecule has 0 saturated heterocycles. The summed E-state index contributed by atoms with van der Waals surface area (Å²) in [5.74, 6) is 0.303. The number of methoxy groups -OCH3 is 1. The minimum Gasteiger partial charge on any atom is -0.481 e. The number of benzene rings is 1. The highest BCUT2D eigenvalue weighted by Gasteiger charge is 2.31. The molecule has 0 spiro atoms. The summed E-state index contributed by atoms with van der Waals surface area (Å²) in [6.45, 7) is 0. The molecule has 1 aromatic carbocycles. The molecule has 0 fully saturated rings. The van der Waals surface area contributed by atoms with E-state index in [0.717, 1.165) is 22.3 Å². The van der Waals surface area contributed by atoms with Gasteiger partial charge in [0.1, 0.15) is 0 Å². The van der Waals surface area contributed by atoms with Crippen LogP contribution in [0.2, 0.25) is 0 Å². The first-order chi connectivity index (χ1) is 14.8. The molecule has 3 aromatic heterocycles. The molecular weight excluding hydrogens is 372 g/mol. The summed E-state index contributed by atoms with van der Waals surface area (Å²) in [4.78, 5) is 13.2. The first-order valence-corrected chi connectivity index (χ1v) is 9.60. The molecule has 4 aromatic rings. The van der Waals surface area contributed by atoms with Crippen LogP contribution >= 0.6 is 0 Å². The molecule has 1 unspecified atom stereocenters. The number of hydrogen-bond donors (Lipinski definition) is 0. The van der Waals surface area contributed by atoms with Crippen LogP contribution in [0, 0.1) is 11.3 Å².